The molecule has 11 heavy (non-hydrogen) atoms. The molecule has 0 fully saturated rings. The van der Waals surface area contributed by atoms with E-state index < -0.39 is 0 Å². The van der Waals surface area contributed by atoms with E-state index in [0.717, 1.165) is 14.5 Å². The lowest BCUT2D eigenvalue weighted by Gasteiger charge is -1.91. The van der Waals surface area contributed by atoms with Crippen molar-refractivity contribution in [1.29, 1.82) is 5.39 Å². The molecule has 0 atom stereocenters. The molecule has 0 unspecified atom stereocenters. The molecule has 0 radical (unpaired) electrons. The second-order valence-electron chi connectivity index (χ2n) is 2.15. The number of halogens is 2. The molecule has 0 N–H and O–H groups in total. The van der Waals surface area contributed by atoms with E-state index in [1.807, 2.05) is 19.1 Å². The van der Waals surface area contributed by atoms with E-state index in [0.29, 0.717) is 5.69 Å². The highest BCUT2D eigenvalue weighted by Gasteiger charge is 2.15. The summed E-state index contributed by atoms with van der Waals surface area (Å²) in [6.45, 7) is 1.88. The van der Waals surface area contributed by atoms with E-state index >= 15 is 0 Å². The normalized spacial score (nSPS) is 9.27. The van der Waals surface area contributed by atoms with Crippen molar-refractivity contribution in [3.63, 3.8) is 0 Å². The lowest BCUT2D eigenvalue weighted by molar-refractivity contribution is 1.39. The fourth-order valence-corrected chi connectivity index (χ4v) is 2.34. The summed E-state index contributed by atoms with van der Waals surface area (Å²) in [5.41, 5.74) is 1.50. The Labute approximate surface area is 81.5 Å². The predicted octanol–water partition coefficient (Wildman–Crippen LogP) is 4.00. The van der Waals surface area contributed by atoms with Crippen molar-refractivity contribution in [3.8, 4) is 0 Å². The summed E-state index contributed by atoms with van der Waals surface area (Å²) < 4.78 is 1.75. The Bertz CT molecular complexity index is 305. The lowest BCUT2D eigenvalue weighted by Crippen LogP contribution is -1.74. The van der Waals surface area contributed by atoms with E-state index in [-0.39, 0.29) is 0 Å². The van der Waals surface area contributed by atoms with Crippen LogP contribution in [0.15, 0.2) is 21.1 Å². The van der Waals surface area contributed by atoms with Crippen molar-refractivity contribution in [1.82, 2.24) is 0 Å². The monoisotopic (exact) mass is 275 g/mol. The summed E-state index contributed by atoms with van der Waals surface area (Å²) in [5, 5.41) is 8.57. The van der Waals surface area contributed by atoms with Crippen LogP contribution < -0.4 is 0 Å². The molecule has 0 aromatic heterocycles. The van der Waals surface area contributed by atoms with E-state index in [1.165, 1.54) is 0 Å². The molecule has 2 nitrogen and oxygen atoms in total. The zero-order valence-electron chi connectivity index (χ0n) is 5.81. The largest absolute Gasteiger partial charge is 0.401 e. The molecule has 0 spiro atoms. The first-order valence-corrected chi connectivity index (χ1v) is 4.54. The van der Waals surface area contributed by atoms with Crippen LogP contribution in [0.25, 0.3) is 4.98 Å². The van der Waals surface area contributed by atoms with Crippen molar-refractivity contribution in [2.75, 3.05) is 0 Å². The molecule has 1 rings (SSSR count). The Balaban J connectivity index is 3.40. The molecule has 0 aliphatic heterocycles. The highest BCUT2D eigenvalue weighted by atomic mass is 79.9. The van der Waals surface area contributed by atoms with Gasteiger partial charge in [0.25, 0.3) is 0 Å². The van der Waals surface area contributed by atoms with E-state index in [2.05, 4.69) is 36.8 Å². The van der Waals surface area contributed by atoms with Crippen molar-refractivity contribution in [2.24, 2.45) is 0 Å². The fraction of sp³-hybridized carbons (Fsp3) is 0.143. The standard InChI is InChI=1S/C7H5Br2N2/c1-4-2-5(8)3-6(9)7(4)11-10/h2-3H,1H3/q+1. The summed E-state index contributed by atoms with van der Waals surface area (Å²) in [6.07, 6.45) is 0. The third-order valence-corrected chi connectivity index (χ3v) is 2.38. The van der Waals surface area contributed by atoms with Gasteiger partial charge in [-0.3, -0.25) is 0 Å². The number of aryl methyl sites for hydroxylation is 1. The zero-order valence-corrected chi connectivity index (χ0v) is 8.98. The van der Waals surface area contributed by atoms with Gasteiger partial charge in [-0.15, -0.1) is 0 Å². The van der Waals surface area contributed by atoms with E-state index in [9.17, 15) is 0 Å². The Morgan fingerprint density at radius 2 is 2.00 bits per heavy atom. The molecule has 0 amide bonds. The molecule has 4 heteroatoms. The Kier molecular flexibility index (Phi) is 2.63. The highest BCUT2D eigenvalue weighted by molar-refractivity contribution is 9.11. The van der Waals surface area contributed by atoms with Gasteiger partial charge >= 0.3 is 5.69 Å². The van der Waals surface area contributed by atoms with E-state index in [4.69, 9.17) is 5.39 Å². The third kappa shape index (κ3) is 1.79. The second kappa shape index (κ2) is 3.33. The minimum atomic E-state index is 0.577. The smallest absolute Gasteiger partial charge is 0.0508 e. The SMILES string of the molecule is Cc1cc(Br)cc(Br)c1[N+]#N. The Hall–Kier alpha value is -0.400. The summed E-state index contributed by atoms with van der Waals surface area (Å²) >= 11 is 6.60. The Morgan fingerprint density at radius 3 is 2.45 bits per heavy atom. The molecule has 0 bridgehead atoms. The van der Waals surface area contributed by atoms with Crippen molar-refractivity contribution in [2.45, 2.75) is 6.92 Å². The van der Waals surface area contributed by atoms with Gasteiger partial charge in [-0.05, 0) is 35.0 Å². The van der Waals surface area contributed by atoms with Crippen LogP contribution in [0, 0.1) is 12.3 Å². The van der Waals surface area contributed by atoms with Crippen LogP contribution in [-0.4, -0.2) is 0 Å². The zero-order chi connectivity index (χ0) is 8.43. The Morgan fingerprint density at radius 1 is 1.36 bits per heavy atom. The first kappa shape index (κ1) is 8.69. The molecule has 1 aromatic rings. The molecule has 0 saturated heterocycles. The maximum atomic E-state index is 8.57. The summed E-state index contributed by atoms with van der Waals surface area (Å²) in [7, 11) is 0. The molecule has 1 aromatic carbocycles. The lowest BCUT2D eigenvalue weighted by atomic mass is 10.2. The first-order valence-electron chi connectivity index (χ1n) is 2.96. The van der Waals surface area contributed by atoms with Crippen molar-refractivity contribution < 1.29 is 0 Å². The van der Waals surface area contributed by atoms with Gasteiger partial charge in [0.05, 0.1) is 0 Å². The number of nitrogens with zero attached hydrogens (tertiary/aromatic N) is 2. The first-order chi connectivity index (χ1) is 5.15. The van der Waals surface area contributed by atoms with Crippen LogP contribution in [0.5, 0.6) is 0 Å². The maximum absolute atomic E-state index is 8.57. The third-order valence-electron chi connectivity index (χ3n) is 1.32. The summed E-state index contributed by atoms with van der Waals surface area (Å²) in [4.78, 5) is 3.14. The fourth-order valence-electron chi connectivity index (χ4n) is 0.821. The van der Waals surface area contributed by atoms with Crippen LogP contribution in [0.3, 0.4) is 0 Å². The summed E-state index contributed by atoms with van der Waals surface area (Å²) in [5.74, 6) is 0. The molecular weight excluding hydrogens is 272 g/mol. The van der Waals surface area contributed by atoms with Crippen LogP contribution in [0.4, 0.5) is 5.69 Å². The average Bonchev–Trinajstić information content (AvgIpc) is 1.85. The van der Waals surface area contributed by atoms with Gasteiger partial charge in [0.15, 0.2) is 4.98 Å². The number of hydrogen-bond acceptors (Lipinski definition) is 1. The van der Waals surface area contributed by atoms with E-state index in [1.54, 1.807) is 0 Å². The van der Waals surface area contributed by atoms with Crippen LogP contribution in [-0.2, 0) is 0 Å². The van der Waals surface area contributed by atoms with Crippen molar-refractivity contribution in [3.05, 3.63) is 31.6 Å². The second-order valence-corrected chi connectivity index (χ2v) is 3.92. The quantitative estimate of drug-likeness (QED) is 0.658. The molecule has 0 heterocycles. The molecule has 0 aliphatic rings. The van der Waals surface area contributed by atoms with Gasteiger partial charge in [-0.1, -0.05) is 15.9 Å². The highest BCUT2D eigenvalue weighted by Crippen LogP contribution is 2.32. The number of benzene rings is 1. The summed E-state index contributed by atoms with van der Waals surface area (Å²) in [6, 6.07) is 3.72. The predicted molar refractivity (Wildman–Crippen MR) is 51.3 cm³/mol. The van der Waals surface area contributed by atoms with Gasteiger partial charge in [0.2, 0.25) is 5.39 Å². The van der Waals surface area contributed by atoms with Gasteiger partial charge in [0, 0.05) is 10.0 Å². The average molecular weight is 277 g/mol. The molecular formula is C7H5Br2N2+. The van der Waals surface area contributed by atoms with Crippen LogP contribution >= 0.6 is 31.9 Å². The topological polar surface area (TPSA) is 28.1 Å². The van der Waals surface area contributed by atoms with Gasteiger partial charge < -0.3 is 0 Å². The number of diazo groups is 1. The van der Waals surface area contributed by atoms with Gasteiger partial charge in [-0.2, -0.15) is 0 Å². The van der Waals surface area contributed by atoms with Crippen LogP contribution in [0.1, 0.15) is 5.56 Å². The minimum Gasteiger partial charge on any atom is -0.0508 e. The van der Waals surface area contributed by atoms with Gasteiger partial charge in [0.1, 0.15) is 4.47 Å². The van der Waals surface area contributed by atoms with Gasteiger partial charge in [-0.25, -0.2) is 0 Å². The minimum absolute atomic E-state index is 0.577. The maximum Gasteiger partial charge on any atom is 0.401 e. The molecule has 0 saturated carbocycles. The van der Waals surface area contributed by atoms with Crippen LogP contribution in [0.2, 0.25) is 0 Å². The number of hydrogen-bond donors (Lipinski definition) is 0. The van der Waals surface area contributed by atoms with Crippen molar-refractivity contribution >= 4 is 37.5 Å². The number of rotatable bonds is 0. The molecule has 56 valence electrons. The molecule has 0 aliphatic carbocycles.